The molecule has 86 heavy (non-hydrogen) atoms. The summed E-state index contributed by atoms with van der Waals surface area (Å²) < 4.78 is 8.98. The van der Waals surface area contributed by atoms with Crippen LogP contribution < -0.4 is 0 Å². The minimum absolute atomic E-state index is 0.323. The van der Waals surface area contributed by atoms with Crippen LogP contribution in [0, 0.1) is 0 Å². The summed E-state index contributed by atoms with van der Waals surface area (Å²) in [5, 5.41) is 8.52. The molecule has 0 aromatic heterocycles. The van der Waals surface area contributed by atoms with Crippen LogP contribution in [0.3, 0.4) is 0 Å². The molecular formula is C77H150O9. The lowest BCUT2D eigenvalue weighted by molar-refractivity contribution is -0.160. The molecule has 9 nitrogen and oxygen atoms in total. The fourth-order valence-electron chi connectivity index (χ4n) is 10.7. The molecule has 0 saturated heterocycles. The largest absolute Gasteiger partial charge is 0.481 e. The number of aldehydes is 1. The van der Waals surface area contributed by atoms with Crippen molar-refractivity contribution in [2.45, 2.75) is 447 Å². The van der Waals surface area contributed by atoms with Crippen molar-refractivity contribution in [1.29, 1.82) is 0 Å². The van der Waals surface area contributed by atoms with E-state index in [2.05, 4.69) is 39.0 Å². The predicted octanol–water partition coefficient (Wildman–Crippen LogP) is 25.9. The summed E-state index contributed by atoms with van der Waals surface area (Å²) in [6, 6.07) is 0. The van der Waals surface area contributed by atoms with Gasteiger partial charge in [0, 0.05) is 33.1 Å². The minimum atomic E-state index is -0.653. The third kappa shape index (κ3) is 106. The van der Waals surface area contributed by atoms with E-state index in [1.54, 1.807) is 0 Å². The van der Waals surface area contributed by atoms with E-state index in [1.807, 2.05) is 6.08 Å². The van der Waals surface area contributed by atoms with Crippen molar-refractivity contribution >= 4 is 36.1 Å². The van der Waals surface area contributed by atoms with Crippen LogP contribution >= 0.6 is 0 Å². The van der Waals surface area contributed by atoms with Crippen LogP contribution in [0.15, 0.2) is 12.7 Å². The van der Waals surface area contributed by atoms with Gasteiger partial charge in [0.2, 0.25) is 0 Å². The van der Waals surface area contributed by atoms with E-state index < -0.39 is 17.9 Å². The SMILES string of the molecule is C=CCCCCCCCCCCCCCCC.CC(=O)OC(C)=O.CC=O.CCCCCCCCCCCCCCCCCC(=O)O.CCCCCCCCCCCCCCCCCC(=O)OC(=O)CCCCCCCCCCCCCCCCC. The lowest BCUT2D eigenvalue weighted by Crippen LogP contribution is -2.11. The van der Waals surface area contributed by atoms with Crippen LogP contribution in [0.5, 0.6) is 0 Å². The fourth-order valence-corrected chi connectivity index (χ4v) is 10.7. The first-order valence-electron chi connectivity index (χ1n) is 37.6. The summed E-state index contributed by atoms with van der Waals surface area (Å²) in [6.45, 7) is 16.7. The summed E-state index contributed by atoms with van der Waals surface area (Å²) in [5.41, 5.74) is 0. The Labute approximate surface area is 536 Å². The van der Waals surface area contributed by atoms with E-state index in [9.17, 15) is 24.0 Å². The van der Waals surface area contributed by atoms with E-state index in [0.717, 1.165) is 44.8 Å². The molecule has 0 saturated carbocycles. The maximum Gasteiger partial charge on any atom is 0.313 e. The van der Waals surface area contributed by atoms with E-state index in [0.29, 0.717) is 19.3 Å². The molecule has 0 unspecified atom stereocenters. The molecule has 0 atom stereocenters. The average molecular weight is 1220 g/mol. The number of rotatable bonds is 62. The Morgan fingerprint density at radius 2 is 0.453 bits per heavy atom. The second-order valence-corrected chi connectivity index (χ2v) is 25.0. The van der Waals surface area contributed by atoms with Gasteiger partial charge in [0.05, 0.1) is 0 Å². The second-order valence-electron chi connectivity index (χ2n) is 25.0. The van der Waals surface area contributed by atoms with Crippen molar-refractivity contribution in [2.24, 2.45) is 0 Å². The summed E-state index contributed by atoms with van der Waals surface area (Å²) in [5.74, 6) is -2.42. The number of allylic oxidation sites excluding steroid dienone is 1. The number of unbranched alkanes of at least 4 members (excludes halogenated alkanes) is 55. The van der Waals surface area contributed by atoms with E-state index in [1.165, 1.54) is 361 Å². The topological polar surface area (TPSA) is 141 Å². The first kappa shape index (κ1) is 91.9. The van der Waals surface area contributed by atoms with Crippen molar-refractivity contribution < 1.29 is 43.3 Å². The molecule has 0 aromatic rings. The Morgan fingerprint density at radius 3 is 0.605 bits per heavy atom. The van der Waals surface area contributed by atoms with Crippen LogP contribution in [-0.4, -0.2) is 41.2 Å². The van der Waals surface area contributed by atoms with E-state index >= 15 is 0 Å². The summed E-state index contributed by atoms with van der Waals surface area (Å²) >= 11 is 0. The zero-order chi connectivity index (χ0) is 64.6. The summed E-state index contributed by atoms with van der Waals surface area (Å²) in [6.07, 6.45) is 83.0. The Bertz CT molecular complexity index is 1290. The molecule has 9 heteroatoms. The van der Waals surface area contributed by atoms with Crippen molar-refractivity contribution in [3.8, 4) is 0 Å². The Hall–Kier alpha value is -2.84. The van der Waals surface area contributed by atoms with Gasteiger partial charge >= 0.3 is 29.8 Å². The van der Waals surface area contributed by atoms with Gasteiger partial charge in [0.25, 0.3) is 0 Å². The number of ether oxygens (including phenoxy) is 2. The first-order chi connectivity index (χ1) is 41.9. The van der Waals surface area contributed by atoms with Crippen molar-refractivity contribution in [3.63, 3.8) is 0 Å². The van der Waals surface area contributed by atoms with Crippen LogP contribution in [0.2, 0.25) is 0 Å². The number of aliphatic carboxylic acids is 1. The van der Waals surface area contributed by atoms with Crippen molar-refractivity contribution in [3.05, 3.63) is 12.7 Å². The number of hydrogen-bond acceptors (Lipinski definition) is 8. The number of carboxylic acids is 1. The number of esters is 4. The third-order valence-electron chi connectivity index (χ3n) is 16.0. The summed E-state index contributed by atoms with van der Waals surface area (Å²) in [7, 11) is 0. The molecule has 0 heterocycles. The van der Waals surface area contributed by atoms with E-state index in [4.69, 9.17) is 14.6 Å². The Kier molecular flexibility index (Phi) is 94.7. The first-order valence-corrected chi connectivity index (χ1v) is 37.6. The maximum absolute atomic E-state index is 11.9. The van der Waals surface area contributed by atoms with Gasteiger partial charge in [-0.15, -0.1) is 6.58 Å². The number of carbonyl (C=O) groups excluding carboxylic acids is 5. The molecule has 0 aromatic carbocycles. The molecule has 0 fully saturated rings. The van der Waals surface area contributed by atoms with Gasteiger partial charge in [0.1, 0.15) is 6.29 Å². The van der Waals surface area contributed by atoms with Gasteiger partial charge in [-0.05, 0) is 39.0 Å². The van der Waals surface area contributed by atoms with Crippen LogP contribution in [0.25, 0.3) is 0 Å². The lowest BCUT2D eigenvalue weighted by Gasteiger charge is -2.05. The summed E-state index contributed by atoms with van der Waals surface area (Å²) in [4.78, 5) is 62.6. The van der Waals surface area contributed by atoms with Crippen LogP contribution in [0.1, 0.15) is 447 Å². The number of carboxylic acid groups (broad SMARTS) is 1. The average Bonchev–Trinajstić information content (AvgIpc) is 3.49. The minimum Gasteiger partial charge on any atom is -0.481 e. The van der Waals surface area contributed by atoms with Gasteiger partial charge in [-0.3, -0.25) is 24.0 Å². The normalized spacial score (nSPS) is 10.5. The highest BCUT2D eigenvalue weighted by Crippen LogP contribution is 2.18. The third-order valence-corrected chi connectivity index (χ3v) is 16.0. The monoisotopic (exact) mass is 1220 g/mol. The Balaban J connectivity index is -0.000000386. The fraction of sp³-hybridized carbons (Fsp3) is 0.896. The van der Waals surface area contributed by atoms with Gasteiger partial charge in [-0.1, -0.05) is 380 Å². The highest BCUT2D eigenvalue weighted by atomic mass is 16.6. The molecule has 0 aliphatic heterocycles. The van der Waals surface area contributed by atoms with Crippen molar-refractivity contribution in [2.75, 3.05) is 0 Å². The smallest absolute Gasteiger partial charge is 0.313 e. The predicted molar refractivity (Wildman–Crippen MR) is 372 cm³/mol. The van der Waals surface area contributed by atoms with Crippen molar-refractivity contribution in [1.82, 2.24) is 0 Å². The van der Waals surface area contributed by atoms with Gasteiger partial charge in [0.15, 0.2) is 0 Å². The maximum atomic E-state index is 11.9. The van der Waals surface area contributed by atoms with Crippen LogP contribution in [-0.2, 0) is 38.2 Å². The molecular weight excluding hydrogens is 1070 g/mol. The zero-order valence-corrected chi connectivity index (χ0v) is 58.9. The molecule has 0 spiro atoms. The molecule has 0 aliphatic carbocycles. The molecule has 512 valence electrons. The standard InChI is InChI=1S/C36H70O3.C18H36O2.C17H34.C4H6O3.C2H4O/c1-3-5-7-9-11-13-15-17-19-21-23-25-27-29-31-33-35(37)39-36(38)34-32-30-28-26-24-22-20-18-16-14-12-10-8-6-4-2;1-2-3-4-5-6-7-8-9-10-11-12-13-14-15-16-17-18(19)20;1-3-5-7-9-11-13-15-17-16-14-12-10-8-6-4-2;1-3(5)7-4(2)6;1-2-3/h3-34H2,1-2H3;2-17H2,1H3,(H,19,20);3H,1,4-17H2,2H3;1-2H3;2H,1H3. The highest BCUT2D eigenvalue weighted by molar-refractivity contribution is 5.85. The second kappa shape index (κ2) is 88.6. The molecule has 0 amide bonds. The van der Waals surface area contributed by atoms with E-state index in [-0.39, 0.29) is 11.9 Å². The van der Waals surface area contributed by atoms with Gasteiger partial charge < -0.3 is 19.4 Å². The molecule has 0 bridgehead atoms. The molecule has 0 radical (unpaired) electrons. The lowest BCUT2D eigenvalue weighted by atomic mass is 10.0. The molecule has 0 aliphatic rings. The number of hydrogen-bond donors (Lipinski definition) is 1. The Morgan fingerprint density at radius 1 is 0.291 bits per heavy atom. The van der Waals surface area contributed by atoms with Gasteiger partial charge in [-0.25, -0.2) is 0 Å². The quantitative estimate of drug-likeness (QED) is 0.0207. The van der Waals surface area contributed by atoms with Gasteiger partial charge in [-0.2, -0.15) is 0 Å². The molecule has 1 N–H and O–H groups in total. The zero-order valence-electron chi connectivity index (χ0n) is 58.9. The van der Waals surface area contributed by atoms with Crippen LogP contribution in [0.4, 0.5) is 0 Å². The molecule has 0 rings (SSSR count). The number of carbonyl (C=O) groups is 6. The highest BCUT2D eigenvalue weighted by Gasteiger charge is 2.10.